The maximum atomic E-state index is 11.8. The van der Waals surface area contributed by atoms with E-state index in [0.717, 1.165) is 17.5 Å². The summed E-state index contributed by atoms with van der Waals surface area (Å²) in [5, 5.41) is 0. The number of sulfonamides is 1. The molecule has 0 aliphatic heterocycles. The third kappa shape index (κ3) is 7.42. The van der Waals surface area contributed by atoms with Gasteiger partial charge in [0.15, 0.2) is 0 Å². The molecule has 1 N–H and O–H groups in total. The van der Waals surface area contributed by atoms with E-state index in [1.807, 2.05) is 43.3 Å². The Morgan fingerprint density at radius 1 is 1.36 bits per heavy atom. The Kier molecular flexibility index (Phi) is 6.83. The van der Waals surface area contributed by atoms with Crippen LogP contribution in [0.15, 0.2) is 24.3 Å². The molecular weight excluding hydrogens is 304 g/mol. The Hall–Kier alpha value is -1.60. The Morgan fingerprint density at radius 2 is 2.05 bits per heavy atom. The van der Waals surface area contributed by atoms with Crippen LogP contribution in [-0.4, -0.2) is 47.4 Å². The number of carbonyl (C=O) groups is 1. The van der Waals surface area contributed by atoms with Gasteiger partial charge in [-0.15, -0.1) is 0 Å². The van der Waals surface area contributed by atoms with Crippen LogP contribution in [-0.2, 0) is 26.0 Å². The SMILES string of the molecule is CC(CNS(C)(=O)=O)OC(=O)CCc1cccc(N(C)C)c1. The number of nitrogens with zero attached hydrogens (tertiary/aromatic N) is 1. The number of benzene rings is 1. The number of hydrogen-bond donors (Lipinski definition) is 1. The lowest BCUT2D eigenvalue weighted by molar-refractivity contribution is -0.147. The van der Waals surface area contributed by atoms with Gasteiger partial charge in [-0.2, -0.15) is 0 Å². The number of hydrogen-bond acceptors (Lipinski definition) is 5. The van der Waals surface area contributed by atoms with Crippen molar-refractivity contribution in [2.45, 2.75) is 25.9 Å². The summed E-state index contributed by atoms with van der Waals surface area (Å²) in [5.74, 6) is -0.335. The normalized spacial score (nSPS) is 12.7. The molecule has 6 nitrogen and oxygen atoms in total. The summed E-state index contributed by atoms with van der Waals surface area (Å²) >= 11 is 0. The lowest BCUT2D eigenvalue weighted by atomic mass is 10.1. The number of nitrogens with one attached hydrogen (secondary N) is 1. The fourth-order valence-electron chi connectivity index (χ4n) is 1.83. The lowest BCUT2D eigenvalue weighted by Gasteiger charge is -2.15. The first-order valence-corrected chi connectivity index (χ1v) is 8.97. The molecule has 0 bridgehead atoms. The standard InChI is InChI=1S/C15H24N2O4S/c1-12(11-16-22(4,19)20)21-15(18)9-8-13-6-5-7-14(10-13)17(2)3/h5-7,10,12,16H,8-9,11H2,1-4H3. The van der Waals surface area contributed by atoms with Gasteiger partial charge >= 0.3 is 5.97 Å². The number of aryl methyl sites for hydroxylation is 1. The molecule has 0 saturated carbocycles. The highest BCUT2D eigenvalue weighted by atomic mass is 32.2. The lowest BCUT2D eigenvalue weighted by Crippen LogP contribution is -2.32. The largest absolute Gasteiger partial charge is 0.461 e. The molecule has 0 aliphatic carbocycles. The average Bonchev–Trinajstić information content (AvgIpc) is 2.42. The van der Waals surface area contributed by atoms with E-state index in [4.69, 9.17) is 4.74 Å². The minimum Gasteiger partial charge on any atom is -0.461 e. The average molecular weight is 328 g/mol. The second-order valence-electron chi connectivity index (χ2n) is 5.49. The Labute approximate surface area is 132 Å². The first kappa shape index (κ1) is 18.4. The number of esters is 1. The van der Waals surface area contributed by atoms with Crippen LogP contribution in [0.25, 0.3) is 0 Å². The van der Waals surface area contributed by atoms with Crippen LogP contribution in [0, 0.1) is 0 Å². The van der Waals surface area contributed by atoms with Crippen molar-refractivity contribution in [2.24, 2.45) is 0 Å². The van der Waals surface area contributed by atoms with Gasteiger partial charge in [0.05, 0.1) is 6.26 Å². The summed E-state index contributed by atoms with van der Waals surface area (Å²) < 4.78 is 29.4. The first-order valence-electron chi connectivity index (χ1n) is 7.08. The molecule has 22 heavy (non-hydrogen) atoms. The van der Waals surface area contributed by atoms with E-state index >= 15 is 0 Å². The van der Waals surface area contributed by atoms with E-state index < -0.39 is 16.1 Å². The van der Waals surface area contributed by atoms with Crippen molar-refractivity contribution in [1.29, 1.82) is 0 Å². The van der Waals surface area contributed by atoms with Gasteiger partial charge in [-0.05, 0) is 31.0 Å². The van der Waals surface area contributed by atoms with Gasteiger partial charge < -0.3 is 9.64 Å². The van der Waals surface area contributed by atoms with Crippen LogP contribution >= 0.6 is 0 Å². The quantitative estimate of drug-likeness (QED) is 0.725. The number of carbonyl (C=O) groups excluding carboxylic acids is 1. The van der Waals surface area contributed by atoms with E-state index in [9.17, 15) is 13.2 Å². The minimum absolute atomic E-state index is 0.0840. The molecule has 0 fully saturated rings. The molecule has 1 unspecified atom stereocenters. The molecule has 1 aromatic carbocycles. The third-order valence-electron chi connectivity index (χ3n) is 3.01. The van der Waals surface area contributed by atoms with Crippen molar-refractivity contribution < 1.29 is 17.9 Å². The molecule has 7 heteroatoms. The summed E-state index contributed by atoms with van der Waals surface area (Å²) in [6, 6.07) is 7.95. The number of rotatable bonds is 8. The maximum absolute atomic E-state index is 11.8. The van der Waals surface area contributed by atoms with Crippen LogP contribution in [0.1, 0.15) is 18.9 Å². The maximum Gasteiger partial charge on any atom is 0.306 e. The molecular formula is C15H24N2O4S. The molecule has 0 aliphatic rings. The van der Waals surface area contributed by atoms with Crippen molar-refractivity contribution in [3.63, 3.8) is 0 Å². The predicted molar refractivity (Wildman–Crippen MR) is 87.5 cm³/mol. The first-order chi connectivity index (χ1) is 10.2. The van der Waals surface area contributed by atoms with Gasteiger partial charge in [-0.3, -0.25) is 4.79 Å². The molecule has 1 rings (SSSR count). The van der Waals surface area contributed by atoms with Gasteiger partial charge in [0.2, 0.25) is 10.0 Å². The van der Waals surface area contributed by atoms with Gasteiger partial charge in [0.1, 0.15) is 6.10 Å². The fraction of sp³-hybridized carbons (Fsp3) is 0.533. The third-order valence-corrected chi connectivity index (χ3v) is 3.70. The Balaban J connectivity index is 2.41. The summed E-state index contributed by atoms with van der Waals surface area (Å²) in [4.78, 5) is 13.8. The predicted octanol–water partition coefficient (Wildman–Crippen LogP) is 1.17. The van der Waals surface area contributed by atoms with Crippen molar-refractivity contribution in [1.82, 2.24) is 4.72 Å². The Bertz CT molecular complexity index is 599. The molecule has 0 amide bonds. The monoisotopic (exact) mass is 328 g/mol. The second kappa shape index (κ2) is 8.14. The molecule has 124 valence electrons. The summed E-state index contributed by atoms with van der Waals surface area (Å²) in [5.41, 5.74) is 2.14. The molecule has 1 atom stereocenters. The van der Waals surface area contributed by atoms with E-state index in [1.54, 1.807) is 6.92 Å². The molecule has 1 aromatic rings. The molecule has 0 radical (unpaired) electrons. The van der Waals surface area contributed by atoms with Gasteiger partial charge in [0, 0.05) is 32.7 Å². The summed E-state index contributed by atoms with van der Waals surface area (Å²) in [6.07, 6.45) is 1.43. The van der Waals surface area contributed by atoms with Crippen molar-refractivity contribution in [2.75, 3.05) is 31.8 Å². The zero-order valence-electron chi connectivity index (χ0n) is 13.5. The highest BCUT2D eigenvalue weighted by Crippen LogP contribution is 2.15. The molecule has 0 heterocycles. The minimum atomic E-state index is -3.27. The number of anilines is 1. The van der Waals surface area contributed by atoms with E-state index in [-0.39, 0.29) is 18.9 Å². The van der Waals surface area contributed by atoms with E-state index in [0.29, 0.717) is 6.42 Å². The van der Waals surface area contributed by atoms with Crippen LogP contribution in [0.2, 0.25) is 0 Å². The van der Waals surface area contributed by atoms with Gasteiger partial charge in [-0.25, -0.2) is 13.1 Å². The second-order valence-corrected chi connectivity index (χ2v) is 7.32. The van der Waals surface area contributed by atoms with Crippen LogP contribution in [0.3, 0.4) is 0 Å². The smallest absolute Gasteiger partial charge is 0.306 e. The summed E-state index contributed by atoms with van der Waals surface area (Å²) in [7, 11) is 0.655. The topological polar surface area (TPSA) is 75.7 Å². The van der Waals surface area contributed by atoms with Crippen LogP contribution in [0.5, 0.6) is 0 Å². The Morgan fingerprint density at radius 3 is 2.64 bits per heavy atom. The van der Waals surface area contributed by atoms with Crippen LogP contribution in [0.4, 0.5) is 5.69 Å². The molecule has 0 spiro atoms. The highest BCUT2D eigenvalue weighted by molar-refractivity contribution is 7.88. The van der Waals surface area contributed by atoms with E-state index in [1.165, 1.54) is 0 Å². The highest BCUT2D eigenvalue weighted by Gasteiger charge is 2.12. The number of ether oxygens (including phenoxy) is 1. The van der Waals surface area contributed by atoms with Crippen LogP contribution < -0.4 is 9.62 Å². The van der Waals surface area contributed by atoms with Crippen molar-refractivity contribution >= 4 is 21.7 Å². The summed E-state index contributed by atoms with van der Waals surface area (Å²) in [6.45, 7) is 1.74. The van der Waals surface area contributed by atoms with Gasteiger partial charge in [0.25, 0.3) is 0 Å². The zero-order valence-corrected chi connectivity index (χ0v) is 14.3. The van der Waals surface area contributed by atoms with Crippen molar-refractivity contribution in [3.8, 4) is 0 Å². The van der Waals surface area contributed by atoms with Gasteiger partial charge in [-0.1, -0.05) is 12.1 Å². The zero-order chi connectivity index (χ0) is 16.8. The molecule has 0 aromatic heterocycles. The molecule has 0 saturated heterocycles. The van der Waals surface area contributed by atoms with E-state index in [2.05, 4.69) is 4.72 Å². The fourth-order valence-corrected chi connectivity index (χ4v) is 2.37. The van der Waals surface area contributed by atoms with Crippen molar-refractivity contribution in [3.05, 3.63) is 29.8 Å².